The molecule has 0 aliphatic heterocycles. The molecule has 0 heterocycles. The third-order valence-electron chi connectivity index (χ3n) is 4.07. The molecular weight excluding hydrogens is 252 g/mol. The van der Waals surface area contributed by atoms with Gasteiger partial charge in [0.15, 0.2) is 0 Å². The highest BCUT2D eigenvalue weighted by Gasteiger charge is 2.17. The maximum Gasteiger partial charge on any atom is 0.118 e. The van der Waals surface area contributed by atoms with Crippen LogP contribution in [0.15, 0.2) is 24.3 Å². The van der Waals surface area contributed by atoms with Gasteiger partial charge in [-0.2, -0.15) is 0 Å². The summed E-state index contributed by atoms with van der Waals surface area (Å²) < 4.78 is 10.7. The number of hydrogen-bond donors (Lipinski definition) is 1. The van der Waals surface area contributed by atoms with Crippen LogP contribution < -0.4 is 4.74 Å². The molecule has 1 N–H and O–H groups in total. The summed E-state index contributed by atoms with van der Waals surface area (Å²) in [5.74, 6) is 1.55. The van der Waals surface area contributed by atoms with Gasteiger partial charge in [-0.3, -0.25) is 0 Å². The van der Waals surface area contributed by atoms with Gasteiger partial charge in [-0.1, -0.05) is 44.2 Å². The topological polar surface area (TPSA) is 38.7 Å². The van der Waals surface area contributed by atoms with E-state index in [4.69, 9.17) is 9.47 Å². The first-order chi connectivity index (χ1) is 9.78. The number of aliphatic hydroxyl groups is 1. The molecule has 0 saturated heterocycles. The van der Waals surface area contributed by atoms with Gasteiger partial charge in [0.1, 0.15) is 5.75 Å². The van der Waals surface area contributed by atoms with E-state index in [0.717, 1.165) is 17.7 Å². The van der Waals surface area contributed by atoms with Crippen LogP contribution in [0.1, 0.15) is 44.1 Å². The van der Waals surface area contributed by atoms with Crippen LogP contribution in [0.4, 0.5) is 0 Å². The molecule has 1 unspecified atom stereocenters. The quantitative estimate of drug-likeness (QED) is 0.829. The Hall–Kier alpha value is -1.06. The van der Waals surface area contributed by atoms with Gasteiger partial charge in [0.05, 0.1) is 26.4 Å². The lowest BCUT2D eigenvalue weighted by Crippen LogP contribution is -2.21. The number of rotatable bonds is 7. The average Bonchev–Trinajstić information content (AvgIpc) is 2.49. The highest BCUT2D eigenvalue weighted by atomic mass is 16.5. The zero-order chi connectivity index (χ0) is 14.2. The number of ether oxygens (including phenoxy) is 2. The molecule has 1 aliphatic carbocycles. The monoisotopic (exact) mass is 278 g/mol. The summed E-state index contributed by atoms with van der Waals surface area (Å²) in [4.78, 5) is 0. The maximum absolute atomic E-state index is 10.0. The number of benzene rings is 1. The van der Waals surface area contributed by atoms with Crippen molar-refractivity contribution in [1.82, 2.24) is 0 Å². The second-order valence-electron chi connectivity index (χ2n) is 5.76. The Balaban J connectivity index is 1.63. The van der Waals surface area contributed by atoms with E-state index >= 15 is 0 Å². The lowest BCUT2D eigenvalue weighted by atomic mass is 9.85. The Bertz CT molecular complexity index is 368. The third-order valence-corrected chi connectivity index (χ3v) is 4.07. The van der Waals surface area contributed by atoms with E-state index in [9.17, 15) is 5.11 Å². The zero-order valence-corrected chi connectivity index (χ0v) is 12.4. The SMILES string of the molecule is COc1ccc(COCC(O)CC2CCCCC2)cc1. The number of aliphatic hydroxyl groups excluding tert-OH is 1. The highest BCUT2D eigenvalue weighted by Crippen LogP contribution is 2.27. The molecule has 0 aromatic heterocycles. The molecule has 3 heteroatoms. The van der Waals surface area contributed by atoms with Crippen LogP contribution in [0.25, 0.3) is 0 Å². The van der Waals surface area contributed by atoms with Gasteiger partial charge in [-0.15, -0.1) is 0 Å². The van der Waals surface area contributed by atoms with Gasteiger partial charge in [-0.05, 0) is 30.0 Å². The van der Waals surface area contributed by atoms with Crippen LogP contribution in [0, 0.1) is 5.92 Å². The summed E-state index contributed by atoms with van der Waals surface area (Å²) in [6.45, 7) is 0.980. The Labute approximate surface area is 121 Å². The van der Waals surface area contributed by atoms with Gasteiger partial charge in [-0.25, -0.2) is 0 Å². The Morgan fingerprint density at radius 1 is 1.15 bits per heavy atom. The second kappa shape index (κ2) is 8.28. The number of hydrogen-bond acceptors (Lipinski definition) is 3. The van der Waals surface area contributed by atoms with Crippen LogP contribution in [-0.2, 0) is 11.3 Å². The Morgan fingerprint density at radius 3 is 2.50 bits per heavy atom. The van der Waals surface area contributed by atoms with Crippen molar-refractivity contribution in [2.24, 2.45) is 5.92 Å². The van der Waals surface area contributed by atoms with Gasteiger partial charge >= 0.3 is 0 Å². The fourth-order valence-corrected chi connectivity index (χ4v) is 2.91. The molecule has 2 rings (SSSR count). The third kappa shape index (κ3) is 5.14. The molecular formula is C17H26O3. The van der Waals surface area contributed by atoms with Crippen LogP contribution >= 0.6 is 0 Å². The van der Waals surface area contributed by atoms with Crippen LogP contribution in [-0.4, -0.2) is 24.9 Å². The van der Waals surface area contributed by atoms with Crippen LogP contribution in [0.3, 0.4) is 0 Å². The van der Waals surface area contributed by atoms with Crippen molar-refractivity contribution in [2.45, 2.75) is 51.2 Å². The molecule has 0 bridgehead atoms. The van der Waals surface area contributed by atoms with Crippen molar-refractivity contribution in [1.29, 1.82) is 0 Å². The predicted octanol–water partition coefficient (Wildman–Crippen LogP) is 3.54. The highest BCUT2D eigenvalue weighted by molar-refractivity contribution is 5.26. The predicted molar refractivity (Wildman–Crippen MR) is 79.8 cm³/mol. The summed E-state index contributed by atoms with van der Waals surface area (Å²) in [6, 6.07) is 7.84. The maximum atomic E-state index is 10.0. The molecule has 1 atom stereocenters. The number of methoxy groups -OCH3 is 1. The molecule has 1 aliphatic rings. The van der Waals surface area contributed by atoms with E-state index in [2.05, 4.69) is 0 Å². The summed E-state index contributed by atoms with van der Waals surface area (Å²) in [5, 5.41) is 10.0. The fourth-order valence-electron chi connectivity index (χ4n) is 2.91. The zero-order valence-electron chi connectivity index (χ0n) is 12.4. The molecule has 1 fully saturated rings. The van der Waals surface area contributed by atoms with Gasteiger partial charge in [0.2, 0.25) is 0 Å². The summed E-state index contributed by atoms with van der Waals surface area (Å²) in [5.41, 5.74) is 1.11. The van der Waals surface area contributed by atoms with E-state index in [1.54, 1.807) is 7.11 Å². The van der Waals surface area contributed by atoms with E-state index in [1.807, 2.05) is 24.3 Å². The summed E-state index contributed by atoms with van der Waals surface area (Å²) in [7, 11) is 1.66. The molecule has 3 nitrogen and oxygen atoms in total. The van der Waals surface area contributed by atoms with Crippen LogP contribution in [0.2, 0.25) is 0 Å². The molecule has 0 spiro atoms. The first-order valence-corrected chi connectivity index (χ1v) is 7.66. The van der Waals surface area contributed by atoms with Crippen molar-refractivity contribution in [2.75, 3.05) is 13.7 Å². The minimum Gasteiger partial charge on any atom is -0.497 e. The first kappa shape index (κ1) is 15.3. The Morgan fingerprint density at radius 2 is 1.85 bits per heavy atom. The normalized spacial score (nSPS) is 17.9. The Kier molecular flexibility index (Phi) is 6.34. The second-order valence-corrected chi connectivity index (χ2v) is 5.76. The molecule has 0 radical (unpaired) electrons. The molecule has 1 saturated carbocycles. The molecule has 20 heavy (non-hydrogen) atoms. The molecule has 1 aromatic carbocycles. The molecule has 112 valence electrons. The van der Waals surface area contributed by atoms with Crippen molar-refractivity contribution in [3.63, 3.8) is 0 Å². The smallest absolute Gasteiger partial charge is 0.118 e. The van der Waals surface area contributed by atoms with E-state index in [0.29, 0.717) is 19.1 Å². The average molecular weight is 278 g/mol. The molecule has 1 aromatic rings. The van der Waals surface area contributed by atoms with Crippen LogP contribution in [0.5, 0.6) is 5.75 Å². The largest absolute Gasteiger partial charge is 0.497 e. The minimum atomic E-state index is -0.323. The summed E-state index contributed by atoms with van der Waals surface area (Å²) in [6.07, 6.45) is 7.12. The fraction of sp³-hybridized carbons (Fsp3) is 0.647. The first-order valence-electron chi connectivity index (χ1n) is 7.66. The lowest BCUT2D eigenvalue weighted by molar-refractivity contribution is 0.0137. The minimum absolute atomic E-state index is 0.323. The van der Waals surface area contributed by atoms with E-state index in [1.165, 1.54) is 32.1 Å². The van der Waals surface area contributed by atoms with Gasteiger partial charge in [0, 0.05) is 0 Å². The standard InChI is InChI=1S/C17H26O3/c1-19-17-9-7-15(8-10-17)12-20-13-16(18)11-14-5-3-2-4-6-14/h7-10,14,16,18H,2-6,11-13H2,1H3. The van der Waals surface area contributed by atoms with Gasteiger partial charge in [0.25, 0.3) is 0 Å². The van der Waals surface area contributed by atoms with Crippen molar-refractivity contribution in [3.05, 3.63) is 29.8 Å². The van der Waals surface area contributed by atoms with Crippen molar-refractivity contribution in [3.8, 4) is 5.75 Å². The summed E-state index contributed by atoms with van der Waals surface area (Å²) >= 11 is 0. The van der Waals surface area contributed by atoms with Crippen molar-refractivity contribution < 1.29 is 14.6 Å². The van der Waals surface area contributed by atoms with Gasteiger partial charge < -0.3 is 14.6 Å². The molecule has 0 amide bonds. The van der Waals surface area contributed by atoms with E-state index in [-0.39, 0.29) is 6.10 Å². The lowest BCUT2D eigenvalue weighted by Gasteiger charge is -2.23. The van der Waals surface area contributed by atoms with E-state index < -0.39 is 0 Å². The van der Waals surface area contributed by atoms with Crippen molar-refractivity contribution >= 4 is 0 Å².